The van der Waals surface area contributed by atoms with E-state index < -0.39 is 45.1 Å². The molecule has 3 atom stereocenters. The Bertz CT molecular complexity index is 1850. The van der Waals surface area contributed by atoms with Crippen molar-refractivity contribution in [3.63, 3.8) is 0 Å². The molecule has 0 saturated carbocycles. The van der Waals surface area contributed by atoms with Crippen molar-refractivity contribution in [1.82, 2.24) is 35.1 Å². The smallest absolute Gasteiger partial charge is 0.328 e. The number of likely N-dealkylation sites (tertiary alicyclic amines) is 1. The SMILES string of the molecule is CCCCCC[C@H](C(=O)N1C[C@@H](Oc2ccc(Cc3nn[nH]n3)cc2)C[C@H]1C(=O)OC)n1cnc(NC(=O)c2ccccc2S(=O)(=O)O)c1. The van der Waals surface area contributed by atoms with Gasteiger partial charge in [0.2, 0.25) is 5.91 Å². The molecule has 1 aliphatic rings. The van der Waals surface area contributed by atoms with E-state index in [1.165, 1.54) is 42.7 Å². The molecule has 2 aromatic carbocycles. The lowest BCUT2D eigenvalue weighted by molar-refractivity contribution is -0.152. The molecule has 49 heavy (non-hydrogen) atoms. The number of unbranched alkanes of at least 4 members (excludes halogenated alkanes) is 3. The van der Waals surface area contributed by atoms with Gasteiger partial charge in [0.25, 0.3) is 16.0 Å². The minimum atomic E-state index is -4.66. The number of anilines is 1. The first kappa shape index (κ1) is 35.2. The number of amides is 2. The average molecular weight is 695 g/mol. The summed E-state index contributed by atoms with van der Waals surface area (Å²) in [5, 5.41) is 16.5. The molecule has 2 aromatic heterocycles. The number of carbonyl (C=O) groups excluding carboxylic acids is 3. The first-order chi connectivity index (χ1) is 23.6. The Kier molecular flexibility index (Phi) is 11.4. The molecule has 1 fully saturated rings. The summed E-state index contributed by atoms with van der Waals surface area (Å²) < 4.78 is 46.0. The van der Waals surface area contributed by atoms with Crippen LogP contribution in [0.4, 0.5) is 5.82 Å². The maximum Gasteiger partial charge on any atom is 0.328 e. The third-order valence-electron chi connectivity index (χ3n) is 8.23. The van der Waals surface area contributed by atoms with Crippen molar-refractivity contribution in [2.24, 2.45) is 0 Å². The quantitative estimate of drug-likeness (QED) is 0.0930. The summed E-state index contributed by atoms with van der Waals surface area (Å²) in [6.45, 7) is 2.22. The van der Waals surface area contributed by atoms with Crippen LogP contribution in [-0.2, 0) is 30.9 Å². The lowest BCUT2D eigenvalue weighted by Crippen LogP contribution is -2.44. The zero-order valence-corrected chi connectivity index (χ0v) is 27.9. The van der Waals surface area contributed by atoms with Crippen molar-refractivity contribution in [2.45, 2.75) is 75.0 Å². The van der Waals surface area contributed by atoms with Gasteiger partial charge in [-0.2, -0.15) is 13.6 Å². The van der Waals surface area contributed by atoms with Gasteiger partial charge in [-0.25, -0.2) is 9.78 Å². The number of imidazole rings is 1. The fourth-order valence-electron chi connectivity index (χ4n) is 5.79. The van der Waals surface area contributed by atoms with Gasteiger partial charge in [0, 0.05) is 19.0 Å². The van der Waals surface area contributed by atoms with Gasteiger partial charge in [-0.05, 0) is 36.2 Å². The third-order valence-corrected chi connectivity index (χ3v) is 9.14. The monoisotopic (exact) mass is 694 g/mol. The number of tetrazole rings is 1. The van der Waals surface area contributed by atoms with Crippen LogP contribution in [0.25, 0.3) is 0 Å². The van der Waals surface area contributed by atoms with Gasteiger partial charge in [-0.3, -0.25) is 14.1 Å². The van der Waals surface area contributed by atoms with E-state index in [-0.39, 0.29) is 30.3 Å². The molecule has 2 amide bonds. The van der Waals surface area contributed by atoms with E-state index in [0.717, 1.165) is 37.3 Å². The van der Waals surface area contributed by atoms with E-state index in [0.29, 0.717) is 24.4 Å². The third kappa shape index (κ3) is 8.85. The number of nitrogens with zero attached hydrogens (tertiary/aromatic N) is 6. The molecule has 0 unspecified atom stereocenters. The number of methoxy groups -OCH3 is 1. The van der Waals surface area contributed by atoms with Crippen LogP contribution in [0.3, 0.4) is 0 Å². The van der Waals surface area contributed by atoms with E-state index in [1.54, 1.807) is 16.7 Å². The number of aromatic amines is 1. The Morgan fingerprint density at radius 3 is 2.57 bits per heavy atom. The molecule has 5 rings (SSSR count). The first-order valence-corrected chi connectivity index (χ1v) is 17.3. The maximum atomic E-state index is 14.3. The molecule has 17 heteroatoms. The highest BCUT2D eigenvalue weighted by Crippen LogP contribution is 2.30. The lowest BCUT2D eigenvalue weighted by Gasteiger charge is -2.28. The van der Waals surface area contributed by atoms with E-state index in [4.69, 9.17) is 9.47 Å². The van der Waals surface area contributed by atoms with Crippen LogP contribution in [0.1, 0.15) is 73.2 Å². The van der Waals surface area contributed by atoms with Gasteiger partial charge < -0.3 is 24.3 Å². The largest absolute Gasteiger partial charge is 0.488 e. The molecule has 16 nitrogen and oxygen atoms in total. The molecular weight excluding hydrogens is 656 g/mol. The van der Waals surface area contributed by atoms with Gasteiger partial charge in [0.15, 0.2) is 11.6 Å². The Labute approximate surface area is 282 Å². The van der Waals surface area contributed by atoms with Gasteiger partial charge in [-0.15, -0.1) is 10.2 Å². The van der Waals surface area contributed by atoms with Crippen LogP contribution in [0.15, 0.2) is 66.0 Å². The summed E-state index contributed by atoms with van der Waals surface area (Å²) in [4.78, 5) is 45.3. The van der Waals surface area contributed by atoms with Crippen molar-refractivity contribution < 1.29 is 36.8 Å². The number of esters is 1. The average Bonchev–Trinajstić information content (AvgIpc) is 3.87. The van der Waals surface area contributed by atoms with Crippen molar-refractivity contribution in [3.05, 3.63) is 78.0 Å². The highest BCUT2D eigenvalue weighted by Gasteiger charge is 2.43. The molecule has 1 aliphatic heterocycles. The molecule has 4 aromatic rings. The summed E-state index contributed by atoms with van der Waals surface area (Å²) >= 11 is 0. The second kappa shape index (κ2) is 15.8. The molecule has 1 saturated heterocycles. The predicted molar refractivity (Wildman–Crippen MR) is 174 cm³/mol. The van der Waals surface area contributed by atoms with Crippen molar-refractivity contribution in [3.8, 4) is 5.75 Å². The molecule has 260 valence electrons. The fourth-order valence-corrected chi connectivity index (χ4v) is 6.48. The minimum Gasteiger partial charge on any atom is -0.488 e. The van der Waals surface area contributed by atoms with Crippen LogP contribution in [0, 0.1) is 0 Å². The lowest BCUT2D eigenvalue weighted by atomic mass is 10.1. The summed E-state index contributed by atoms with van der Waals surface area (Å²) in [6, 6.07) is 11.0. The van der Waals surface area contributed by atoms with Gasteiger partial charge in [0.05, 0.1) is 25.5 Å². The number of hydrogen-bond donors (Lipinski definition) is 3. The Morgan fingerprint density at radius 1 is 1.10 bits per heavy atom. The van der Waals surface area contributed by atoms with Crippen LogP contribution >= 0.6 is 0 Å². The number of rotatable bonds is 15. The second-order valence-electron chi connectivity index (χ2n) is 11.7. The zero-order valence-electron chi connectivity index (χ0n) is 27.1. The van der Waals surface area contributed by atoms with Crippen LogP contribution in [0.2, 0.25) is 0 Å². The van der Waals surface area contributed by atoms with Crippen molar-refractivity contribution in [1.29, 1.82) is 0 Å². The van der Waals surface area contributed by atoms with E-state index >= 15 is 0 Å². The topological polar surface area (TPSA) is 212 Å². The fraction of sp³-hybridized carbons (Fsp3) is 0.406. The highest BCUT2D eigenvalue weighted by molar-refractivity contribution is 7.86. The Morgan fingerprint density at radius 2 is 1.88 bits per heavy atom. The van der Waals surface area contributed by atoms with Crippen LogP contribution in [-0.4, -0.2) is 91.6 Å². The number of H-pyrrole nitrogens is 1. The molecule has 3 N–H and O–H groups in total. The number of carbonyl (C=O) groups is 3. The zero-order chi connectivity index (χ0) is 35.0. The maximum absolute atomic E-state index is 14.3. The van der Waals surface area contributed by atoms with Gasteiger partial charge >= 0.3 is 5.97 Å². The van der Waals surface area contributed by atoms with Crippen LogP contribution < -0.4 is 10.1 Å². The molecular formula is C32H38N8O8S. The first-order valence-electron chi connectivity index (χ1n) is 15.8. The summed E-state index contributed by atoms with van der Waals surface area (Å²) in [7, 11) is -3.39. The number of hydrogen-bond acceptors (Lipinski definition) is 11. The van der Waals surface area contributed by atoms with E-state index in [9.17, 15) is 27.4 Å². The number of ether oxygens (including phenoxy) is 2. The number of aromatic nitrogens is 6. The van der Waals surface area contributed by atoms with Crippen molar-refractivity contribution >= 4 is 33.7 Å². The number of nitrogens with one attached hydrogen (secondary N) is 2. The van der Waals surface area contributed by atoms with Crippen molar-refractivity contribution in [2.75, 3.05) is 19.0 Å². The Hall–Kier alpha value is -5.16. The molecule has 0 radical (unpaired) electrons. The molecule has 0 bridgehead atoms. The molecule has 0 spiro atoms. The van der Waals surface area contributed by atoms with E-state index in [2.05, 4.69) is 37.8 Å². The summed E-state index contributed by atoms with van der Waals surface area (Å²) in [6.07, 6.45) is 7.13. The predicted octanol–water partition coefficient (Wildman–Crippen LogP) is 3.22. The Balaban J connectivity index is 1.32. The second-order valence-corrected chi connectivity index (χ2v) is 13.0. The van der Waals surface area contributed by atoms with Gasteiger partial charge in [-0.1, -0.05) is 62.1 Å². The highest BCUT2D eigenvalue weighted by atomic mass is 32.2. The van der Waals surface area contributed by atoms with Crippen LogP contribution in [0.5, 0.6) is 5.75 Å². The molecule has 0 aliphatic carbocycles. The standard InChI is InChI=1S/C32H38N8O8S/c1-3-4-5-6-10-25(39-19-29(33-20-39)34-30(41)24-9-7-8-11-27(24)49(44,45)46)31(42)40-18-23(17-26(40)32(43)47-2)48-22-14-12-21(13-15-22)16-28-35-37-38-36-28/h7-9,11-15,19-20,23,25-26H,3-6,10,16-18H2,1-2H3,(H,34,41)(H,44,45,46)(H,35,36,37,38)/t23-,25+,26-/m0/s1. The summed E-state index contributed by atoms with van der Waals surface area (Å²) in [5.41, 5.74) is 0.686. The normalized spacial score (nSPS) is 16.7. The molecule has 3 heterocycles. The van der Waals surface area contributed by atoms with Gasteiger partial charge in [0.1, 0.15) is 28.8 Å². The number of benzene rings is 2. The summed E-state index contributed by atoms with van der Waals surface area (Å²) in [5.74, 6) is -0.509. The minimum absolute atomic E-state index is 0.0661. The van der Waals surface area contributed by atoms with E-state index in [1.807, 2.05) is 12.1 Å².